The van der Waals surface area contributed by atoms with Crippen molar-refractivity contribution in [2.24, 2.45) is 26.4 Å². The van der Waals surface area contributed by atoms with Gasteiger partial charge in [-0.1, -0.05) is 131 Å². The first kappa shape index (κ1) is 107. The lowest BCUT2D eigenvalue weighted by atomic mass is 10.1. The summed E-state index contributed by atoms with van der Waals surface area (Å²) in [6.45, 7) is 17.5. The molecule has 4 aromatic heterocycles. The second-order valence-corrected chi connectivity index (χ2v) is 31.4. The third-order valence-corrected chi connectivity index (χ3v) is 20.0. The second-order valence-electron chi connectivity index (χ2n) is 30.7. The van der Waals surface area contributed by atoms with Crippen molar-refractivity contribution >= 4 is 122 Å². The van der Waals surface area contributed by atoms with Crippen molar-refractivity contribution in [1.82, 2.24) is 46.5 Å². The lowest BCUT2D eigenvalue weighted by molar-refractivity contribution is -0.144. The standard InChI is InChI=1S/C24H27N5O5.C24H29N5O3.C22H26N2O4.C15H23NO3.C8H7NOS.C4H9N3.3CH4/c30-21(29-23-25-12-4-13-26-23)7-3-14-33-17-10-8-16(9-11-17)15-19(22(31)32)28-24-27-18-5-1-2-6-20(18)34-24;1-17(27-24-28-20-6-2-3-7-21(20)32-24)16-18-9-11-19(12-10-18)31-15-4-8-22(30)29-23-25-13-5-14-26-23;1-3-26-21(25)9-6-14-27-18-12-10-17(11-13-18)15-16(2)23-22-24-19-7-4-5-8-20(19)28-22;1-3-18-15(17)5-4-10-19-14-8-6-13(7-9-14)11-12(2)16;1-11-8-9-6-4-2-3-5-7(6)10-8;5-4-6-2-1-3-7-4;;;/h1-2,5-6,8-11,19H,3-4,7,12-15H2,(H,27,28)(H,31,32)(H2,25,26,29,30);2-3,6-7,9-12,17H,4-5,8,13-16H2,1H3,(H,27,28)(H2,25,26,29,30);4-5,7-8,10-13,16H,3,6,9,14-15H2,1-2H3,(H,23,24);6-9,12H,3-5,10-11,16H2,1-2H3;2-5H,1H3;1-3H2,(H3,5,6,7);3*1H4. The van der Waals surface area contributed by atoms with Crippen LogP contribution in [-0.2, 0) is 59.1 Å². The van der Waals surface area contributed by atoms with Gasteiger partial charge in [0.1, 0.15) is 51.1 Å². The zero-order valence-corrected chi connectivity index (χ0v) is 76.0. The average molecular weight is 1860 g/mol. The maximum Gasteiger partial charge on any atom is 0.326 e. The molecule has 8 aromatic carbocycles. The summed E-state index contributed by atoms with van der Waals surface area (Å²) in [5.74, 6) is 3.28. The topological polar surface area (TPSA) is 450 Å². The van der Waals surface area contributed by atoms with E-state index in [-0.39, 0.29) is 76.6 Å². The largest absolute Gasteiger partial charge is 0.494 e. The van der Waals surface area contributed by atoms with E-state index in [1.807, 2.05) is 171 Å². The van der Waals surface area contributed by atoms with Gasteiger partial charge in [-0.3, -0.25) is 44.8 Å². The van der Waals surface area contributed by atoms with E-state index in [0.29, 0.717) is 138 Å². The number of hydrogen-bond donors (Lipinski definition) is 11. The van der Waals surface area contributed by atoms with Crippen molar-refractivity contribution in [3.63, 3.8) is 0 Å². The number of esters is 2. The number of ether oxygens (including phenoxy) is 6. The number of nitrogens with two attached hydrogens (primary N) is 2. The monoisotopic (exact) mass is 1860 g/mol. The molecule has 13 N–H and O–H groups in total. The smallest absolute Gasteiger partial charge is 0.326 e. The minimum Gasteiger partial charge on any atom is -0.494 e. The van der Waals surface area contributed by atoms with Crippen LogP contribution in [0.25, 0.3) is 44.4 Å². The summed E-state index contributed by atoms with van der Waals surface area (Å²) in [5, 5.41) is 34.4. The highest BCUT2D eigenvalue weighted by atomic mass is 32.2. The van der Waals surface area contributed by atoms with Gasteiger partial charge in [-0.25, -0.2) is 9.78 Å². The second kappa shape index (κ2) is 59.5. The van der Waals surface area contributed by atoms with E-state index in [1.54, 1.807) is 38.1 Å². The first-order valence-electron chi connectivity index (χ1n) is 44.4. The van der Waals surface area contributed by atoms with E-state index in [0.717, 1.165) is 139 Å². The number of rotatable bonds is 38. The number of aliphatic carboxylic acids is 1. The van der Waals surface area contributed by atoms with Gasteiger partial charge in [0.25, 0.3) is 23.3 Å². The van der Waals surface area contributed by atoms with Crippen LogP contribution in [0.4, 0.5) is 18.0 Å². The molecule has 2 amide bonds. The third kappa shape index (κ3) is 39.7. The van der Waals surface area contributed by atoms with Gasteiger partial charge in [0, 0.05) is 89.5 Å². The van der Waals surface area contributed by atoms with E-state index in [9.17, 15) is 29.1 Å². The Balaban J connectivity index is 0.000000230. The van der Waals surface area contributed by atoms with Gasteiger partial charge in [-0.2, -0.15) is 15.0 Å². The molecule has 0 fully saturated rings. The van der Waals surface area contributed by atoms with E-state index < -0.39 is 12.0 Å². The number of aliphatic imine (C=N–C) groups is 3. The van der Waals surface area contributed by atoms with Gasteiger partial charge < -0.3 is 94.6 Å². The van der Waals surface area contributed by atoms with Crippen LogP contribution in [0.3, 0.4) is 0 Å². The number of carboxylic acids is 1. The Morgan fingerprint density at radius 1 is 0.425 bits per heavy atom. The molecule has 15 rings (SSSR count). The molecule has 34 heteroatoms. The summed E-state index contributed by atoms with van der Waals surface area (Å²) in [4.78, 5) is 87.8. The molecule has 0 saturated heterocycles. The van der Waals surface area contributed by atoms with Crippen LogP contribution < -0.4 is 72.9 Å². The minimum absolute atomic E-state index is 0. The molecule has 4 atom stereocenters. The number of amides is 2. The van der Waals surface area contributed by atoms with Crippen molar-refractivity contribution in [1.29, 1.82) is 0 Å². The number of oxazole rings is 4. The summed E-state index contributed by atoms with van der Waals surface area (Å²) >= 11 is 1.52. The number of nitrogens with zero attached hydrogens (tertiary/aromatic N) is 7. The fourth-order valence-electron chi connectivity index (χ4n) is 13.1. The number of thioether (sulfide) groups is 1. The number of carbonyl (C=O) groups excluding carboxylic acids is 4. The van der Waals surface area contributed by atoms with Crippen LogP contribution in [0.1, 0.15) is 150 Å². The highest BCUT2D eigenvalue weighted by molar-refractivity contribution is 7.98. The Bertz CT molecular complexity index is 5420. The van der Waals surface area contributed by atoms with Gasteiger partial charge in [-0.05, 0) is 224 Å². The molecule has 33 nitrogen and oxygen atoms in total. The zero-order chi connectivity index (χ0) is 92.6. The number of nitrogens with one attached hydrogen (secondary N) is 8. The van der Waals surface area contributed by atoms with Crippen molar-refractivity contribution in [3.8, 4) is 23.0 Å². The van der Waals surface area contributed by atoms with Crippen molar-refractivity contribution in [2.75, 3.05) is 101 Å². The molecule has 4 unspecified atom stereocenters. The van der Waals surface area contributed by atoms with Gasteiger partial charge in [-0.15, -0.1) is 0 Å². The number of carbonyl (C=O) groups is 5. The molecule has 0 saturated carbocycles. The van der Waals surface area contributed by atoms with Gasteiger partial charge in [0.2, 0.25) is 11.8 Å². The fraction of sp³-hybridized carbons (Fsp3) is 0.400. The molecule has 12 aromatic rings. The summed E-state index contributed by atoms with van der Waals surface area (Å²) < 4.78 is 54.8. The highest BCUT2D eigenvalue weighted by Crippen LogP contribution is 2.26. The summed E-state index contributed by atoms with van der Waals surface area (Å²) in [6.07, 6.45) is 11.8. The Labute approximate surface area is 788 Å². The predicted molar refractivity (Wildman–Crippen MR) is 531 cm³/mol. The van der Waals surface area contributed by atoms with Gasteiger partial charge >= 0.3 is 17.9 Å². The summed E-state index contributed by atoms with van der Waals surface area (Å²) in [5.41, 5.74) is 21.7. The molecule has 7 heterocycles. The number of para-hydroxylation sites is 8. The molecular weight excluding hydrogens is 1730 g/mol. The van der Waals surface area contributed by atoms with Gasteiger partial charge in [0.15, 0.2) is 40.2 Å². The van der Waals surface area contributed by atoms with Crippen LogP contribution in [0.15, 0.2) is 232 Å². The Morgan fingerprint density at radius 2 is 0.754 bits per heavy atom. The molecular formula is C100H133N17O16S. The number of hydrogen-bond acceptors (Lipinski definition) is 31. The van der Waals surface area contributed by atoms with Crippen molar-refractivity contribution < 1.29 is 75.2 Å². The van der Waals surface area contributed by atoms with Gasteiger partial charge in [0.05, 0.1) is 39.6 Å². The van der Waals surface area contributed by atoms with Crippen LogP contribution in [0.5, 0.6) is 23.0 Å². The van der Waals surface area contributed by atoms with Crippen molar-refractivity contribution in [2.45, 2.75) is 183 Å². The van der Waals surface area contributed by atoms with E-state index >= 15 is 0 Å². The van der Waals surface area contributed by atoms with E-state index in [4.69, 9.17) is 57.6 Å². The normalized spacial score (nSPS) is 13.1. The molecule has 0 bridgehead atoms. The minimum atomic E-state index is -1.00. The molecule has 0 spiro atoms. The first-order chi connectivity index (χ1) is 63.8. The number of anilines is 3. The quantitative estimate of drug-likeness (QED) is 0.00972. The Morgan fingerprint density at radius 3 is 1.06 bits per heavy atom. The lowest BCUT2D eigenvalue weighted by Gasteiger charge is -2.15. The van der Waals surface area contributed by atoms with Crippen LogP contribution in [-0.4, -0.2) is 182 Å². The number of aromatic nitrogens is 4. The Kier molecular flexibility index (Phi) is 47.6. The third-order valence-electron chi connectivity index (χ3n) is 19.5. The molecule has 3 aliphatic heterocycles. The van der Waals surface area contributed by atoms with Crippen LogP contribution >= 0.6 is 11.8 Å². The predicted octanol–water partition coefficient (Wildman–Crippen LogP) is 16.7. The number of benzene rings is 8. The molecule has 720 valence electrons. The van der Waals surface area contributed by atoms with E-state index in [1.165, 1.54) is 28.5 Å². The Hall–Kier alpha value is -13.9. The first-order valence-corrected chi connectivity index (χ1v) is 45.6. The number of carboxylic acid groups (broad SMARTS) is 1. The maximum atomic E-state index is 12.0. The summed E-state index contributed by atoms with van der Waals surface area (Å²) in [6, 6.07) is 62.4. The molecule has 0 aliphatic carbocycles. The molecule has 134 heavy (non-hydrogen) atoms. The summed E-state index contributed by atoms with van der Waals surface area (Å²) in [7, 11) is 0. The lowest BCUT2D eigenvalue weighted by Crippen LogP contribution is -2.43. The van der Waals surface area contributed by atoms with Crippen LogP contribution in [0.2, 0.25) is 0 Å². The molecule has 0 radical (unpaired) electrons. The fourth-order valence-corrected chi connectivity index (χ4v) is 13.5. The van der Waals surface area contributed by atoms with Crippen molar-refractivity contribution in [3.05, 3.63) is 216 Å². The van der Waals surface area contributed by atoms with Crippen LogP contribution in [0, 0.1) is 0 Å². The number of guanidine groups is 3. The van der Waals surface area contributed by atoms with E-state index in [2.05, 4.69) is 103 Å². The molecule has 3 aliphatic rings. The average Bonchev–Trinajstić information content (AvgIpc) is 1.70. The number of fused-ring (bicyclic) bond motifs is 4. The zero-order valence-electron chi connectivity index (χ0n) is 75.1. The maximum absolute atomic E-state index is 12.0. The highest BCUT2D eigenvalue weighted by Gasteiger charge is 2.22. The SMILES string of the molecule is C.C.C.CC(Cc1ccc(OCCCC(=O)NC2=NCCCN2)cc1)Nc1nc2ccccc2o1.CCOC(=O)CCCOc1ccc(CC(C)N)cc1.CCOC(=O)CCCOc1ccc(CC(C)Nc2nc3ccccc3o2)cc1.CSc1nc2ccccc2o1.NC1=NCCCN1.O=C(CCCOc1ccc(CC(Nc2nc3ccccc3o2)C(=O)O)cc1)NC1=NCCCN1.